The molecule has 1 aromatic carbocycles. The Kier molecular flexibility index (Phi) is 4.23. The average Bonchev–Trinajstić information content (AvgIpc) is 2.78. The van der Waals surface area contributed by atoms with Gasteiger partial charge >= 0.3 is 0 Å². The average molecular weight is 250 g/mol. The third-order valence-corrected chi connectivity index (χ3v) is 3.95. The van der Waals surface area contributed by atoms with Gasteiger partial charge in [0.1, 0.15) is 5.82 Å². The van der Waals surface area contributed by atoms with Gasteiger partial charge < -0.3 is 10.6 Å². The largest absolute Gasteiger partial charge is 0.369 e. The summed E-state index contributed by atoms with van der Waals surface area (Å²) in [4.78, 5) is 2.32. The van der Waals surface area contributed by atoms with Gasteiger partial charge in [0, 0.05) is 29.9 Å². The molecule has 1 fully saturated rings. The molecule has 0 amide bonds. The molecule has 0 bridgehead atoms. The first-order chi connectivity index (χ1) is 8.63. The van der Waals surface area contributed by atoms with Crippen molar-refractivity contribution in [3.8, 4) is 0 Å². The van der Waals surface area contributed by atoms with Crippen molar-refractivity contribution in [3.63, 3.8) is 0 Å². The molecule has 100 valence electrons. The van der Waals surface area contributed by atoms with Crippen LogP contribution >= 0.6 is 0 Å². The van der Waals surface area contributed by atoms with Crippen LogP contribution in [-0.4, -0.2) is 18.6 Å². The number of halogens is 1. The maximum absolute atomic E-state index is 14.0. The molecule has 0 saturated carbocycles. The van der Waals surface area contributed by atoms with Crippen LogP contribution in [0.3, 0.4) is 0 Å². The molecule has 2 nitrogen and oxygen atoms in total. The number of anilines is 1. The number of hydrogen-bond donors (Lipinski definition) is 1. The predicted octanol–water partition coefficient (Wildman–Crippen LogP) is 3.09. The lowest BCUT2D eigenvalue weighted by Gasteiger charge is -2.27. The second kappa shape index (κ2) is 5.70. The van der Waals surface area contributed by atoms with Crippen molar-refractivity contribution in [1.82, 2.24) is 0 Å². The van der Waals surface area contributed by atoms with Gasteiger partial charge in [0.15, 0.2) is 0 Å². The summed E-state index contributed by atoms with van der Waals surface area (Å²) in [5, 5.41) is 0. The summed E-state index contributed by atoms with van der Waals surface area (Å²) in [5.41, 5.74) is 7.83. The smallest absolute Gasteiger partial charge is 0.128 e. The standard InChI is InChI=1S/C15H23FN2/c1-3-12(17)10-13-14(16)7-4-8-15(13)18-9-5-6-11(18)2/h4,7-8,11-12H,3,5-6,9-10,17H2,1-2H3. The summed E-state index contributed by atoms with van der Waals surface area (Å²) in [6, 6.07) is 5.92. The first-order valence-electron chi connectivity index (χ1n) is 6.93. The Labute approximate surface area is 109 Å². The number of rotatable bonds is 4. The zero-order valence-electron chi connectivity index (χ0n) is 11.3. The number of nitrogens with zero attached hydrogens (tertiary/aromatic N) is 1. The van der Waals surface area contributed by atoms with Crippen LogP contribution in [0.15, 0.2) is 18.2 Å². The lowest BCUT2D eigenvalue weighted by molar-refractivity contribution is 0.576. The summed E-state index contributed by atoms with van der Waals surface area (Å²) >= 11 is 0. The van der Waals surface area contributed by atoms with Crippen molar-refractivity contribution in [2.75, 3.05) is 11.4 Å². The van der Waals surface area contributed by atoms with Crippen molar-refractivity contribution in [2.45, 2.75) is 51.6 Å². The van der Waals surface area contributed by atoms with Gasteiger partial charge in [-0.3, -0.25) is 0 Å². The Morgan fingerprint density at radius 2 is 2.28 bits per heavy atom. The lowest BCUT2D eigenvalue weighted by atomic mass is 10.0. The minimum Gasteiger partial charge on any atom is -0.369 e. The summed E-state index contributed by atoms with van der Waals surface area (Å²) in [7, 11) is 0. The number of benzene rings is 1. The number of hydrogen-bond acceptors (Lipinski definition) is 2. The predicted molar refractivity (Wildman–Crippen MR) is 74.4 cm³/mol. The Hall–Kier alpha value is -1.09. The Morgan fingerprint density at radius 1 is 1.50 bits per heavy atom. The van der Waals surface area contributed by atoms with Crippen LogP contribution in [0.2, 0.25) is 0 Å². The van der Waals surface area contributed by atoms with Crippen molar-refractivity contribution in [2.24, 2.45) is 5.73 Å². The molecule has 18 heavy (non-hydrogen) atoms. The molecule has 1 heterocycles. The molecule has 0 aliphatic carbocycles. The van der Waals surface area contributed by atoms with E-state index in [0.717, 1.165) is 24.2 Å². The highest BCUT2D eigenvalue weighted by atomic mass is 19.1. The van der Waals surface area contributed by atoms with Gasteiger partial charge in [0.05, 0.1) is 0 Å². The minimum absolute atomic E-state index is 0.0403. The third kappa shape index (κ3) is 2.66. The SMILES string of the molecule is CCC(N)Cc1c(F)cccc1N1CCCC1C. The lowest BCUT2D eigenvalue weighted by Crippen LogP contribution is -2.29. The van der Waals surface area contributed by atoms with E-state index in [2.05, 4.69) is 11.8 Å². The quantitative estimate of drug-likeness (QED) is 0.889. The summed E-state index contributed by atoms with van der Waals surface area (Å²) < 4.78 is 14.0. The van der Waals surface area contributed by atoms with Gasteiger partial charge in [-0.25, -0.2) is 4.39 Å². The zero-order chi connectivity index (χ0) is 13.1. The van der Waals surface area contributed by atoms with Crippen LogP contribution in [0.5, 0.6) is 0 Å². The summed E-state index contributed by atoms with van der Waals surface area (Å²) in [6.45, 7) is 5.28. The monoisotopic (exact) mass is 250 g/mol. The van der Waals surface area contributed by atoms with Gasteiger partial charge in [-0.15, -0.1) is 0 Å². The van der Waals surface area contributed by atoms with Gasteiger partial charge in [0.25, 0.3) is 0 Å². The van der Waals surface area contributed by atoms with E-state index >= 15 is 0 Å². The van der Waals surface area contributed by atoms with Gasteiger partial charge in [-0.1, -0.05) is 13.0 Å². The maximum Gasteiger partial charge on any atom is 0.128 e. The molecular weight excluding hydrogens is 227 g/mol. The Balaban J connectivity index is 2.31. The maximum atomic E-state index is 14.0. The molecule has 1 saturated heterocycles. The molecular formula is C15H23FN2. The highest BCUT2D eigenvalue weighted by Crippen LogP contribution is 2.30. The second-order valence-corrected chi connectivity index (χ2v) is 5.29. The molecule has 0 aromatic heterocycles. The van der Waals surface area contributed by atoms with Crippen LogP contribution in [0, 0.1) is 5.82 Å². The second-order valence-electron chi connectivity index (χ2n) is 5.29. The summed E-state index contributed by atoms with van der Waals surface area (Å²) in [5.74, 6) is -0.115. The van der Waals surface area contributed by atoms with Crippen LogP contribution in [-0.2, 0) is 6.42 Å². The minimum atomic E-state index is -0.115. The van der Waals surface area contributed by atoms with Crippen molar-refractivity contribution >= 4 is 5.69 Å². The van der Waals surface area contributed by atoms with E-state index in [9.17, 15) is 4.39 Å². The molecule has 1 aliphatic heterocycles. The van der Waals surface area contributed by atoms with E-state index in [1.54, 1.807) is 12.1 Å². The van der Waals surface area contributed by atoms with Gasteiger partial charge in [-0.05, 0) is 44.7 Å². The van der Waals surface area contributed by atoms with E-state index in [1.807, 2.05) is 13.0 Å². The molecule has 2 unspecified atom stereocenters. The fraction of sp³-hybridized carbons (Fsp3) is 0.600. The normalized spacial score (nSPS) is 21.3. The fourth-order valence-electron chi connectivity index (χ4n) is 2.72. The van der Waals surface area contributed by atoms with E-state index in [0.29, 0.717) is 12.5 Å². The van der Waals surface area contributed by atoms with Crippen molar-refractivity contribution < 1.29 is 4.39 Å². The highest BCUT2D eigenvalue weighted by molar-refractivity contribution is 5.56. The first-order valence-corrected chi connectivity index (χ1v) is 6.93. The Morgan fingerprint density at radius 3 is 2.89 bits per heavy atom. The van der Waals surface area contributed by atoms with Crippen molar-refractivity contribution in [1.29, 1.82) is 0 Å². The van der Waals surface area contributed by atoms with E-state index in [4.69, 9.17) is 5.73 Å². The molecule has 2 N–H and O–H groups in total. The van der Waals surface area contributed by atoms with Crippen LogP contribution < -0.4 is 10.6 Å². The summed E-state index contributed by atoms with van der Waals surface area (Å²) in [6.07, 6.45) is 3.89. The molecule has 0 spiro atoms. The van der Waals surface area contributed by atoms with Crippen LogP contribution in [0.25, 0.3) is 0 Å². The van der Waals surface area contributed by atoms with Crippen molar-refractivity contribution in [3.05, 3.63) is 29.6 Å². The Bertz CT molecular complexity index is 405. The molecule has 1 aromatic rings. The van der Waals surface area contributed by atoms with Gasteiger partial charge in [-0.2, -0.15) is 0 Å². The highest BCUT2D eigenvalue weighted by Gasteiger charge is 2.24. The fourth-order valence-corrected chi connectivity index (χ4v) is 2.72. The third-order valence-electron chi connectivity index (χ3n) is 3.95. The molecule has 1 aliphatic rings. The topological polar surface area (TPSA) is 29.3 Å². The van der Waals surface area contributed by atoms with E-state index in [1.165, 1.54) is 12.8 Å². The number of nitrogens with two attached hydrogens (primary N) is 1. The molecule has 0 radical (unpaired) electrons. The van der Waals surface area contributed by atoms with E-state index in [-0.39, 0.29) is 11.9 Å². The molecule has 2 rings (SSSR count). The van der Waals surface area contributed by atoms with Crippen LogP contribution in [0.4, 0.5) is 10.1 Å². The van der Waals surface area contributed by atoms with E-state index < -0.39 is 0 Å². The molecule has 2 atom stereocenters. The van der Waals surface area contributed by atoms with Crippen LogP contribution in [0.1, 0.15) is 38.7 Å². The first kappa shape index (κ1) is 13.3. The molecule has 3 heteroatoms. The zero-order valence-corrected chi connectivity index (χ0v) is 11.3. The van der Waals surface area contributed by atoms with Gasteiger partial charge in [0.2, 0.25) is 0 Å².